The fourth-order valence-electron chi connectivity index (χ4n) is 4.16. The molecule has 26 heavy (non-hydrogen) atoms. The number of hydrogen-bond donors (Lipinski definition) is 2. The van der Waals surface area contributed by atoms with Crippen LogP contribution in [0.1, 0.15) is 24.1 Å². The van der Waals surface area contributed by atoms with Crippen molar-refractivity contribution in [2.45, 2.75) is 38.6 Å². The lowest BCUT2D eigenvalue weighted by Gasteiger charge is -2.49. The first-order chi connectivity index (χ1) is 12.7. The predicted octanol–water partition coefficient (Wildman–Crippen LogP) is 0.192. The molecule has 8 heteroatoms. The van der Waals surface area contributed by atoms with Crippen LogP contribution < -0.4 is 5.32 Å². The zero-order chi connectivity index (χ0) is 17.9. The summed E-state index contributed by atoms with van der Waals surface area (Å²) in [6.45, 7) is 3.03. The van der Waals surface area contributed by atoms with Crippen LogP contribution in [0.3, 0.4) is 0 Å². The lowest BCUT2D eigenvalue weighted by Crippen LogP contribution is -2.58. The van der Waals surface area contributed by atoms with Crippen LogP contribution in [0.4, 0.5) is 0 Å². The van der Waals surface area contributed by atoms with Crippen LogP contribution in [0.25, 0.3) is 0 Å². The lowest BCUT2D eigenvalue weighted by molar-refractivity contribution is -0.133. The molecule has 3 aliphatic rings. The van der Waals surface area contributed by atoms with Gasteiger partial charge in [0, 0.05) is 31.5 Å². The molecule has 0 radical (unpaired) electrons. The highest BCUT2D eigenvalue weighted by Crippen LogP contribution is 2.36. The normalized spacial score (nSPS) is 27.4. The molecule has 2 N–H and O–H groups in total. The Bertz CT molecular complexity index is 749. The van der Waals surface area contributed by atoms with Crippen LogP contribution in [0, 0.1) is 11.8 Å². The van der Waals surface area contributed by atoms with Crippen molar-refractivity contribution < 1.29 is 9.90 Å². The topological polar surface area (TPSA) is 96.2 Å². The number of amides is 1. The number of rotatable bonds is 6. The molecule has 0 saturated carbocycles. The molecule has 5 heterocycles. The molecule has 4 atom stereocenters. The van der Waals surface area contributed by atoms with E-state index in [1.165, 1.54) is 0 Å². The van der Waals surface area contributed by atoms with Crippen LogP contribution in [-0.4, -0.2) is 55.0 Å². The van der Waals surface area contributed by atoms with Crippen molar-refractivity contribution >= 4 is 5.91 Å². The van der Waals surface area contributed by atoms with Crippen LogP contribution in [0.2, 0.25) is 0 Å². The first kappa shape index (κ1) is 17.1. The van der Waals surface area contributed by atoms with Gasteiger partial charge in [0.1, 0.15) is 5.69 Å². The van der Waals surface area contributed by atoms with Gasteiger partial charge in [-0.1, -0.05) is 11.3 Å². The van der Waals surface area contributed by atoms with Crippen molar-refractivity contribution in [2.24, 2.45) is 11.8 Å². The summed E-state index contributed by atoms with van der Waals surface area (Å²) in [7, 11) is 0. The van der Waals surface area contributed by atoms with E-state index in [0.29, 0.717) is 24.2 Å². The van der Waals surface area contributed by atoms with Gasteiger partial charge in [0.2, 0.25) is 5.91 Å². The summed E-state index contributed by atoms with van der Waals surface area (Å²) in [6.07, 6.45) is 7.38. The van der Waals surface area contributed by atoms with Gasteiger partial charge in [0.05, 0.1) is 25.3 Å². The fourth-order valence-corrected chi connectivity index (χ4v) is 4.16. The number of nitrogens with zero attached hydrogens (tertiary/aromatic N) is 5. The third-order valence-electron chi connectivity index (χ3n) is 5.55. The molecule has 2 bridgehead atoms. The number of carbonyl (C=O) groups is 1. The molecule has 3 saturated heterocycles. The Labute approximate surface area is 152 Å². The average Bonchev–Trinajstić information content (AvgIpc) is 3.15. The van der Waals surface area contributed by atoms with Crippen molar-refractivity contribution in [2.75, 3.05) is 13.1 Å². The van der Waals surface area contributed by atoms with Crippen LogP contribution in [0.15, 0.2) is 30.7 Å². The number of nitrogens with one attached hydrogen (secondary N) is 1. The summed E-state index contributed by atoms with van der Waals surface area (Å²) in [5.41, 5.74) is 1.61. The zero-order valence-corrected chi connectivity index (χ0v) is 14.7. The second-order valence-corrected chi connectivity index (χ2v) is 7.21. The SMILES string of the molecule is O=C(NCc1cccnc1)[C@H]1CN2CC[C@H]1C[C@@H]2Cn1cc(CO)nn1. The highest BCUT2D eigenvalue weighted by molar-refractivity contribution is 5.79. The summed E-state index contributed by atoms with van der Waals surface area (Å²) in [5, 5.41) is 20.2. The third kappa shape index (κ3) is 3.61. The number of aliphatic hydroxyl groups is 1. The van der Waals surface area contributed by atoms with Gasteiger partial charge in [-0.3, -0.25) is 19.4 Å². The van der Waals surface area contributed by atoms with E-state index in [-0.39, 0.29) is 18.4 Å². The minimum atomic E-state index is -0.0871. The summed E-state index contributed by atoms with van der Waals surface area (Å²) in [6, 6.07) is 4.23. The van der Waals surface area contributed by atoms with E-state index in [9.17, 15) is 4.79 Å². The van der Waals surface area contributed by atoms with Gasteiger partial charge in [0.15, 0.2) is 0 Å². The molecule has 1 unspecified atom stereocenters. The number of aromatic nitrogens is 4. The summed E-state index contributed by atoms with van der Waals surface area (Å²) < 4.78 is 1.80. The summed E-state index contributed by atoms with van der Waals surface area (Å²) in [5.74, 6) is 0.616. The minimum absolute atomic E-state index is 0.0559. The maximum Gasteiger partial charge on any atom is 0.224 e. The third-order valence-corrected chi connectivity index (χ3v) is 5.55. The Morgan fingerprint density at radius 3 is 3.04 bits per heavy atom. The Kier molecular flexibility index (Phi) is 4.94. The van der Waals surface area contributed by atoms with Crippen LogP contribution in [-0.2, 0) is 24.5 Å². The average molecular weight is 356 g/mol. The highest BCUT2D eigenvalue weighted by Gasteiger charge is 2.43. The Morgan fingerprint density at radius 2 is 2.35 bits per heavy atom. The molecule has 0 aliphatic carbocycles. The van der Waals surface area contributed by atoms with Gasteiger partial charge in [-0.25, -0.2) is 0 Å². The standard InChI is InChI=1S/C18H24N6O2/c25-12-15-9-24(22-21-15)10-16-6-14-3-5-23(16)11-17(14)18(26)20-8-13-2-1-4-19-7-13/h1-2,4,7,9,14,16-17,25H,3,5-6,8,10-12H2,(H,20,26)/t14-,16+,17-/m0/s1. The molecule has 138 valence electrons. The van der Waals surface area contributed by atoms with Gasteiger partial charge in [0.25, 0.3) is 0 Å². The van der Waals surface area contributed by atoms with Crippen LogP contribution >= 0.6 is 0 Å². The molecule has 8 nitrogen and oxygen atoms in total. The van der Waals surface area contributed by atoms with Crippen LogP contribution in [0.5, 0.6) is 0 Å². The van der Waals surface area contributed by atoms with Gasteiger partial charge >= 0.3 is 0 Å². The Morgan fingerprint density at radius 1 is 1.42 bits per heavy atom. The molecule has 0 spiro atoms. The van der Waals surface area contributed by atoms with Crippen molar-refractivity contribution in [1.29, 1.82) is 0 Å². The molecule has 5 rings (SSSR count). The maximum absolute atomic E-state index is 12.7. The molecular formula is C18H24N6O2. The van der Waals surface area contributed by atoms with E-state index in [1.54, 1.807) is 23.3 Å². The Balaban J connectivity index is 1.33. The van der Waals surface area contributed by atoms with Crippen molar-refractivity contribution in [3.05, 3.63) is 42.0 Å². The molecule has 2 aromatic rings. The van der Waals surface area contributed by atoms with Gasteiger partial charge in [-0.15, -0.1) is 5.10 Å². The number of hydrogen-bond acceptors (Lipinski definition) is 6. The first-order valence-electron chi connectivity index (χ1n) is 9.13. The lowest BCUT2D eigenvalue weighted by atomic mass is 9.75. The zero-order valence-electron chi connectivity index (χ0n) is 14.7. The van der Waals surface area contributed by atoms with Crippen molar-refractivity contribution in [3.8, 4) is 0 Å². The van der Waals surface area contributed by atoms with E-state index >= 15 is 0 Å². The number of pyridine rings is 1. The van der Waals surface area contributed by atoms with E-state index in [0.717, 1.165) is 38.0 Å². The first-order valence-corrected chi connectivity index (χ1v) is 9.13. The Hall–Kier alpha value is -2.32. The quantitative estimate of drug-likeness (QED) is 0.767. The van der Waals surface area contributed by atoms with E-state index in [2.05, 4.69) is 25.5 Å². The van der Waals surface area contributed by atoms with Gasteiger partial charge in [-0.05, 0) is 36.9 Å². The molecule has 3 aliphatic heterocycles. The van der Waals surface area contributed by atoms with E-state index in [4.69, 9.17) is 5.11 Å². The molecular weight excluding hydrogens is 332 g/mol. The number of aliphatic hydroxyl groups excluding tert-OH is 1. The summed E-state index contributed by atoms with van der Waals surface area (Å²) in [4.78, 5) is 19.1. The maximum atomic E-state index is 12.7. The molecule has 3 fully saturated rings. The fraction of sp³-hybridized carbons (Fsp3) is 0.556. The van der Waals surface area contributed by atoms with Gasteiger partial charge < -0.3 is 10.4 Å². The van der Waals surface area contributed by atoms with E-state index in [1.807, 2.05) is 12.1 Å². The monoisotopic (exact) mass is 356 g/mol. The number of fused-ring (bicyclic) bond motifs is 3. The molecule has 1 amide bonds. The predicted molar refractivity (Wildman–Crippen MR) is 93.6 cm³/mol. The smallest absolute Gasteiger partial charge is 0.224 e. The second kappa shape index (κ2) is 7.51. The summed E-state index contributed by atoms with van der Waals surface area (Å²) >= 11 is 0. The largest absolute Gasteiger partial charge is 0.390 e. The van der Waals surface area contributed by atoms with E-state index < -0.39 is 0 Å². The number of piperidine rings is 3. The van der Waals surface area contributed by atoms with Gasteiger partial charge in [-0.2, -0.15) is 0 Å². The van der Waals surface area contributed by atoms with Crippen molar-refractivity contribution in [1.82, 2.24) is 30.2 Å². The highest BCUT2D eigenvalue weighted by atomic mass is 16.3. The number of carbonyl (C=O) groups excluding carboxylic acids is 1. The molecule has 2 aromatic heterocycles. The molecule has 0 aromatic carbocycles. The second-order valence-electron chi connectivity index (χ2n) is 7.21. The van der Waals surface area contributed by atoms with Crippen molar-refractivity contribution in [3.63, 3.8) is 0 Å². The minimum Gasteiger partial charge on any atom is -0.390 e.